The Balaban J connectivity index is 2.66. The highest BCUT2D eigenvalue weighted by Crippen LogP contribution is 2.38. The van der Waals surface area contributed by atoms with Crippen molar-refractivity contribution in [3.8, 4) is 16.2 Å². The molecule has 0 saturated heterocycles. The van der Waals surface area contributed by atoms with Gasteiger partial charge in [0.25, 0.3) is 0 Å². The van der Waals surface area contributed by atoms with Gasteiger partial charge in [0.15, 0.2) is 5.75 Å². The van der Waals surface area contributed by atoms with Crippen LogP contribution < -0.4 is 0 Å². The maximum Gasteiger partial charge on any atom is 0.319 e. The van der Waals surface area contributed by atoms with Gasteiger partial charge in [0, 0.05) is 4.88 Å². The van der Waals surface area contributed by atoms with Gasteiger partial charge < -0.3 is 5.11 Å². The third-order valence-electron chi connectivity index (χ3n) is 1.98. The number of hydrogen-bond donors (Lipinski definition) is 1. The van der Waals surface area contributed by atoms with Gasteiger partial charge in [-0.3, -0.25) is 10.1 Å². The summed E-state index contributed by atoms with van der Waals surface area (Å²) in [6.07, 6.45) is 0. The van der Waals surface area contributed by atoms with Crippen molar-refractivity contribution >= 4 is 17.0 Å². The van der Waals surface area contributed by atoms with Gasteiger partial charge in [-0.2, -0.15) is 0 Å². The Morgan fingerprint density at radius 1 is 1.27 bits per heavy atom. The molecule has 0 unspecified atom stereocenters. The van der Waals surface area contributed by atoms with Crippen LogP contribution in [0.1, 0.15) is 0 Å². The lowest BCUT2D eigenvalue weighted by molar-refractivity contribution is -0.385. The van der Waals surface area contributed by atoms with E-state index < -0.39 is 4.92 Å². The molecule has 1 N–H and O–H groups in total. The molecule has 2 rings (SSSR count). The van der Waals surface area contributed by atoms with E-state index >= 15 is 0 Å². The second-order valence-corrected chi connectivity index (χ2v) is 3.86. The van der Waals surface area contributed by atoms with E-state index in [1.165, 1.54) is 17.4 Å². The normalized spacial score (nSPS) is 10.1. The average molecular weight is 221 g/mol. The molecular formula is C10H7NO3S. The number of nitrogens with zero attached hydrogens (tertiary/aromatic N) is 1. The molecule has 5 heteroatoms. The molecule has 0 atom stereocenters. The van der Waals surface area contributed by atoms with Crippen molar-refractivity contribution in [2.45, 2.75) is 0 Å². The highest BCUT2D eigenvalue weighted by atomic mass is 32.1. The molecule has 0 aliphatic heterocycles. The number of nitro groups is 1. The average Bonchev–Trinajstić information content (AvgIpc) is 2.69. The molecule has 1 aromatic heterocycles. The van der Waals surface area contributed by atoms with Crippen molar-refractivity contribution in [3.63, 3.8) is 0 Å². The summed E-state index contributed by atoms with van der Waals surface area (Å²) in [7, 11) is 0. The number of phenols is 1. The second kappa shape index (κ2) is 3.70. The van der Waals surface area contributed by atoms with Crippen LogP contribution in [0.5, 0.6) is 5.75 Å². The molecule has 0 radical (unpaired) electrons. The number of phenolic OH excluding ortho intramolecular Hbond substituents is 1. The maximum atomic E-state index is 10.8. The molecule has 4 nitrogen and oxygen atoms in total. The SMILES string of the molecule is O=[N+]([O-])c1c(O)cccc1-c1cccs1. The molecule has 0 aliphatic carbocycles. The Morgan fingerprint density at radius 3 is 2.67 bits per heavy atom. The molecule has 76 valence electrons. The van der Waals surface area contributed by atoms with Crippen molar-refractivity contribution in [2.24, 2.45) is 0 Å². The Labute approximate surface area is 89.6 Å². The first-order chi connectivity index (χ1) is 7.20. The number of thiophene rings is 1. The quantitative estimate of drug-likeness (QED) is 0.626. The van der Waals surface area contributed by atoms with Crippen molar-refractivity contribution in [1.29, 1.82) is 0 Å². The van der Waals surface area contributed by atoms with Crippen molar-refractivity contribution in [2.75, 3.05) is 0 Å². The molecule has 0 fully saturated rings. The molecule has 15 heavy (non-hydrogen) atoms. The first-order valence-electron chi connectivity index (χ1n) is 4.20. The Kier molecular flexibility index (Phi) is 2.39. The third kappa shape index (κ3) is 1.69. The summed E-state index contributed by atoms with van der Waals surface area (Å²) in [5, 5.41) is 22.0. The summed E-state index contributed by atoms with van der Waals surface area (Å²) < 4.78 is 0. The van der Waals surface area contributed by atoms with Crippen molar-refractivity contribution < 1.29 is 10.0 Å². The van der Waals surface area contributed by atoms with Gasteiger partial charge in [-0.05, 0) is 23.6 Å². The van der Waals surface area contributed by atoms with Gasteiger partial charge in [-0.15, -0.1) is 11.3 Å². The van der Waals surface area contributed by atoms with Crippen LogP contribution in [0.4, 0.5) is 5.69 Å². The fourth-order valence-corrected chi connectivity index (χ4v) is 2.11. The standard InChI is InChI=1S/C10H7NO3S/c12-8-4-1-3-7(10(8)11(13)14)9-5-2-6-15-9/h1-6,12H. The van der Waals surface area contributed by atoms with Crippen LogP contribution in [0.15, 0.2) is 35.7 Å². The van der Waals surface area contributed by atoms with Gasteiger partial charge >= 0.3 is 5.69 Å². The molecular weight excluding hydrogens is 214 g/mol. The number of benzene rings is 1. The molecule has 0 saturated carbocycles. The van der Waals surface area contributed by atoms with E-state index in [-0.39, 0.29) is 11.4 Å². The maximum absolute atomic E-state index is 10.8. The molecule has 0 amide bonds. The van der Waals surface area contributed by atoms with Crippen LogP contribution in [0.2, 0.25) is 0 Å². The summed E-state index contributed by atoms with van der Waals surface area (Å²) >= 11 is 1.40. The monoisotopic (exact) mass is 221 g/mol. The van der Waals surface area contributed by atoms with Crippen molar-refractivity contribution in [1.82, 2.24) is 0 Å². The molecule has 0 spiro atoms. The zero-order chi connectivity index (χ0) is 10.8. The highest BCUT2D eigenvalue weighted by Gasteiger charge is 2.20. The predicted octanol–water partition coefficient (Wildman–Crippen LogP) is 3.03. The molecule has 0 bridgehead atoms. The van der Waals surface area contributed by atoms with Crippen LogP contribution in [0, 0.1) is 10.1 Å². The Morgan fingerprint density at radius 2 is 2.07 bits per heavy atom. The van der Waals surface area contributed by atoms with E-state index in [4.69, 9.17) is 0 Å². The summed E-state index contributed by atoms with van der Waals surface area (Å²) in [5.74, 6) is -0.300. The lowest BCUT2D eigenvalue weighted by Crippen LogP contribution is -1.91. The number of aromatic hydroxyl groups is 1. The van der Waals surface area contributed by atoms with Crippen molar-refractivity contribution in [3.05, 3.63) is 45.8 Å². The Bertz CT molecular complexity index is 493. The van der Waals surface area contributed by atoms with Crippen LogP contribution in [0.3, 0.4) is 0 Å². The summed E-state index contributed by atoms with van der Waals surface area (Å²) in [6, 6.07) is 8.14. The summed E-state index contributed by atoms with van der Waals surface area (Å²) in [6.45, 7) is 0. The van der Waals surface area contributed by atoms with E-state index in [9.17, 15) is 15.2 Å². The van der Waals surface area contributed by atoms with Gasteiger partial charge in [0.05, 0.1) is 10.5 Å². The van der Waals surface area contributed by atoms with E-state index in [2.05, 4.69) is 0 Å². The van der Waals surface area contributed by atoms with Gasteiger partial charge in [0.2, 0.25) is 0 Å². The zero-order valence-electron chi connectivity index (χ0n) is 7.58. The molecule has 0 aliphatic rings. The summed E-state index contributed by atoms with van der Waals surface area (Å²) in [4.78, 5) is 11.0. The number of nitro benzene ring substituents is 1. The Hall–Kier alpha value is -1.88. The molecule has 1 heterocycles. The fraction of sp³-hybridized carbons (Fsp3) is 0. The first-order valence-corrected chi connectivity index (χ1v) is 5.08. The topological polar surface area (TPSA) is 63.4 Å². The number of hydrogen-bond acceptors (Lipinski definition) is 4. The third-order valence-corrected chi connectivity index (χ3v) is 2.89. The second-order valence-electron chi connectivity index (χ2n) is 2.91. The fourth-order valence-electron chi connectivity index (χ4n) is 1.35. The number of para-hydroxylation sites is 1. The van der Waals surface area contributed by atoms with Gasteiger partial charge in [-0.25, -0.2) is 0 Å². The van der Waals surface area contributed by atoms with Crippen LogP contribution in [0.25, 0.3) is 10.4 Å². The largest absolute Gasteiger partial charge is 0.502 e. The van der Waals surface area contributed by atoms with Crippen LogP contribution in [-0.2, 0) is 0 Å². The molecule has 2 aromatic rings. The summed E-state index contributed by atoms with van der Waals surface area (Å²) in [5.41, 5.74) is 0.218. The van der Waals surface area contributed by atoms with E-state index in [0.29, 0.717) is 5.56 Å². The van der Waals surface area contributed by atoms with Crippen LogP contribution >= 0.6 is 11.3 Å². The predicted molar refractivity (Wildman–Crippen MR) is 58.1 cm³/mol. The van der Waals surface area contributed by atoms with E-state index in [0.717, 1.165) is 4.88 Å². The lowest BCUT2D eigenvalue weighted by atomic mass is 10.1. The van der Waals surface area contributed by atoms with Crippen LogP contribution in [-0.4, -0.2) is 10.0 Å². The molecule has 1 aromatic carbocycles. The minimum atomic E-state index is -0.565. The highest BCUT2D eigenvalue weighted by molar-refractivity contribution is 7.13. The zero-order valence-corrected chi connectivity index (χ0v) is 8.40. The van der Waals surface area contributed by atoms with E-state index in [1.54, 1.807) is 18.2 Å². The van der Waals surface area contributed by atoms with Gasteiger partial charge in [0.1, 0.15) is 0 Å². The van der Waals surface area contributed by atoms with Gasteiger partial charge in [-0.1, -0.05) is 12.1 Å². The lowest BCUT2D eigenvalue weighted by Gasteiger charge is -2.01. The van der Waals surface area contributed by atoms with E-state index in [1.807, 2.05) is 11.4 Å². The minimum Gasteiger partial charge on any atom is -0.502 e. The smallest absolute Gasteiger partial charge is 0.319 e. The first kappa shape index (κ1) is 9.67. The number of rotatable bonds is 2. The minimum absolute atomic E-state index is 0.236.